The predicted octanol–water partition coefficient (Wildman–Crippen LogP) is 2.43. The van der Waals surface area contributed by atoms with Crippen molar-refractivity contribution in [3.05, 3.63) is 42.5 Å². The van der Waals surface area contributed by atoms with E-state index in [4.69, 9.17) is 0 Å². The van der Waals surface area contributed by atoms with Gasteiger partial charge in [-0.2, -0.15) is 9.90 Å². The van der Waals surface area contributed by atoms with Gasteiger partial charge in [-0.25, -0.2) is 0 Å². The fraction of sp³-hybridized carbons (Fsp3) is 0.333. The Balaban J connectivity index is 1.63. The normalized spacial score (nSPS) is 11.6. The second kappa shape index (κ2) is 5.59. The summed E-state index contributed by atoms with van der Waals surface area (Å²) in [6, 6.07) is 8.15. The molecule has 22 heavy (non-hydrogen) atoms. The van der Waals surface area contributed by atoms with E-state index in [9.17, 15) is 0 Å². The van der Waals surface area contributed by atoms with Gasteiger partial charge in [0.15, 0.2) is 5.82 Å². The zero-order valence-corrected chi connectivity index (χ0v) is 12.9. The Hall–Kier alpha value is -2.70. The molecule has 0 radical (unpaired) electrons. The van der Waals surface area contributed by atoms with Crippen molar-refractivity contribution in [1.82, 2.24) is 30.4 Å². The lowest BCUT2D eigenvalue weighted by Gasteiger charge is -2.15. The van der Waals surface area contributed by atoms with Gasteiger partial charge in [0.2, 0.25) is 0 Å². The van der Waals surface area contributed by atoms with Crippen LogP contribution in [0.2, 0.25) is 0 Å². The molecule has 7 nitrogen and oxygen atoms in total. The van der Waals surface area contributed by atoms with E-state index in [0.717, 1.165) is 16.8 Å². The molecule has 3 aromatic rings. The zero-order valence-electron chi connectivity index (χ0n) is 12.9. The lowest BCUT2D eigenvalue weighted by Crippen LogP contribution is -2.24. The van der Waals surface area contributed by atoms with Gasteiger partial charge in [-0.1, -0.05) is 12.1 Å². The van der Waals surface area contributed by atoms with Crippen molar-refractivity contribution < 1.29 is 0 Å². The maximum Gasteiger partial charge on any atom is 0.193 e. The number of hydrogen-bond acceptors (Lipinski definition) is 5. The highest BCUT2D eigenvalue weighted by Crippen LogP contribution is 2.20. The van der Waals surface area contributed by atoms with Crippen LogP contribution in [0.1, 0.15) is 26.6 Å². The number of tetrazole rings is 1. The summed E-state index contributed by atoms with van der Waals surface area (Å²) in [5, 5.41) is 22.6. The Morgan fingerprint density at radius 2 is 1.91 bits per heavy atom. The van der Waals surface area contributed by atoms with Gasteiger partial charge in [0.25, 0.3) is 0 Å². The summed E-state index contributed by atoms with van der Waals surface area (Å²) in [4.78, 5) is 1.63. The van der Waals surface area contributed by atoms with Crippen molar-refractivity contribution in [2.75, 3.05) is 5.32 Å². The molecule has 0 saturated heterocycles. The second-order valence-electron chi connectivity index (χ2n) is 6.08. The first-order valence-corrected chi connectivity index (χ1v) is 7.15. The van der Waals surface area contributed by atoms with Gasteiger partial charge in [-0.3, -0.25) is 5.10 Å². The maximum atomic E-state index is 4.37. The molecule has 0 bridgehead atoms. The molecule has 2 aromatic heterocycles. The molecular weight excluding hydrogens is 278 g/mol. The SMILES string of the molecule is CC(C)(C)n1nnc(CNc2ccc(-c3cn[nH]c3)cc2)n1. The summed E-state index contributed by atoms with van der Waals surface area (Å²) in [5.74, 6) is 0.675. The number of nitrogens with one attached hydrogen (secondary N) is 2. The van der Waals surface area contributed by atoms with Gasteiger partial charge >= 0.3 is 0 Å². The molecular formula is C15H19N7. The average Bonchev–Trinajstić information content (AvgIpc) is 3.16. The van der Waals surface area contributed by atoms with Gasteiger partial charge in [-0.15, -0.1) is 10.2 Å². The maximum absolute atomic E-state index is 4.37. The minimum Gasteiger partial charge on any atom is -0.378 e. The lowest BCUT2D eigenvalue weighted by molar-refractivity contribution is 0.305. The molecule has 0 spiro atoms. The van der Waals surface area contributed by atoms with E-state index in [1.807, 2.05) is 51.2 Å². The van der Waals surface area contributed by atoms with Gasteiger partial charge < -0.3 is 5.32 Å². The van der Waals surface area contributed by atoms with Crippen LogP contribution in [-0.4, -0.2) is 30.4 Å². The molecule has 1 aromatic carbocycles. The molecule has 0 fully saturated rings. The monoisotopic (exact) mass is 297 g/mol. The van der Waals surface area contributed by atoms with Gasteiger partial charge in [0, 0.05) is 17.4 Å². The smallest absolute Gasteiger partial charge is 0.193 e. The van der Waals surface area contributed by atoms with Crippen molar-refractivity contribution in [1.29, 1.82) is 0 Å². The van der Waals surface area contributed by atoms with E-state index in [1.165, 1.54) is 0 Å². The molecule has 0 amide bonds. The highest BCUT2D eigenvalue weighted by molar-refractivity contribution is 5.64. The number of aromatic nitrogens is 6. The quantitative estimate of drug-likeness (QED) is 0.772. The highest BCUT2D eigenvalue weighted by atomic mass is 15.6. The number of nitrogens with zero attached hydrogens (tertiary/aromatic N) is 5. The molecule has 114 valence electrons. The summed E-state index contributed by atoms with van der Waals surface area (Å²) in [6.07, 6.45) is 3.67. The summed E-state index contributed by atoms with van der Waals surface area (Å²) in [6.45, 7) is 6.67. The molecule has 2 N–H and O–H groups in total. The van der Waals surface area contributed by atoms with Crippen molar-refractivity contribution in [2.24, 2.45) is 0 Å². The van der Waals surface area contributed by atoms with Crippen LogP contribution in [0, 0.1) is 0 Å². The molecule has 0 aliphatic carbocycles. The average molecular weight is 297 g/mol. The third-order valence-corrected chi connectivity index (χ3v) is 3.22. The molecule has 2 heterocycles. The third kappa shape index (κ3) is 3.13. The Morgan fingerprint density at radius 3 is 2.50 bits per heavy atom. The van der Waals surface area contributed by atoms with Crippen LogP contribution in [0.15, 0.2) is 36.7 Å². The summed E-state index contributed by atoms with van der Waals surface area (Å²) in [7, 11) is 0. The summed E-state index contributed by atoms with van der Waals surface area (Å²) in [5.41, 5.74) is 3.05. The van der Waals surface area contributed by atoms with Crippen LogP contribution < -0.4 is 5.32 Å². The second-order valence-corrected chi connectivity index (χ2v) is 6.08. The van der Waals surface area contributed by atoms with Crippen LogP contribution in [0.25, 0.3) is 11.1 Å². The van der Waals surface area contributed by atoms with Crippen molar-refractivity contribution in [3.8, 4) is 11.1 Å². The minimum atomic E-state index is -0.155. The first-order chi connectivity index (χ1) is 10.5. The number of aromatic amines is 1. The van der Waals surface area contributed by atoms with E-state index in [0.29, 0.717) is 12.4 Å². The Labute approximate surface area is 128 Å². The van der Waals surface area contributed by atoms with Crippen molar-refractivity contribution >= 4 is 5.69 Å². The molecule has 7 heteroatoms. The lowest BCUT2D eigenvalue weighted by atomic mass is 10.1. The summed E-state index contributed by atoms with van der Waals surface area (Å²) < 4.78 is 0. The Kier molecular flexibility index (Phi) is 3.62. The predicted molar refractivity (Wildman–Crippen MR) is 84.2 cm³/mol. The Morgan fingerprint density at radius 1 is 1.14 bits per heavy atom. The fourth-order valence-electron chi connectivity index (χ4n) is 1.97. The minimum absolute atomic E-state index is 0.155. The van der Waals surface area contributed by atoms with Crippen LogP contribution in [0.3, 0.4) is 0 Å². The molecule has 0 aliphatic heterocycles. The van der Waals surface area contributed by atoms with Gasteiger partial charge in [-0.05, 0) is 43.7 Å². The number of H-pyrrole nitrogens is 1. The number of hydrogen-bond donors (Lipinski definition) is 2. The van der Waals surface area contributed by atoms with E-state index in [2.05, 4.69) is 30.9 Å². The van der Waals surface area contributed by atoms with E-state index in [-0.39, 0.29) is 5.54 Å². The van der Waals surface area contributed by atoms with Crippen molar-refractivity contribution in [2.45, 2.75) is 32.9 Å². The van der Waals surface area contributed by atoms with Gasteiger partial charge in [0.1, 0.15) is 0 Å². The van der Waals surface area contributed by atoms with Crippen molar-refractivity contribution in [3.63, 3.8) is 0 Å². The molecule has 0 saturated carbocycles. The van der Waals surface area contributed by atoms with E-state index >= 15 is 0 Å². The Bertz CT molecular complexity index is 720. The summed E-state index contributed by atoms with van der Waals surface area (Å²) >= 11 is 0. The number of anilines is 1. The topological polar surface area (TPSA) is 84.3 Å². The van der Waals surface area contributed by atoms with E-state index in [1.54, 1.807) is 11.0 Å². The van der Waals surface area contributed by atoms with Crippen LogP contribution in [0.4, 0.5) is 5.69 Å². The first-order valence-electron chi connectivity index (χ1n) is 7.15. The number of benzene rings is 1. The van der Waals surface area contributed by atoms with Crippen LogP contribution >= 0.6 is 0 Å². The van der Waals surface area contributed by atoms with Crippen LogP contribution in [0.5, 0.6) is 0 Å². The molecule has 0 aliphatic rings. The van der Waals surface area contributed by atoms with Crippen LogP contribution in [-0.2, 0) is 12.1 Å². The van der Waals surface area contributed by atoms with E-state index < -0.39 is 0 Å². The largest absolute Gasteiger partial charge is 0.378 e. The number of rotatable bonds is 4. The molecule has 0 atom stereocenters. The van der Waals surface area contributed by atoms with Gasteiger partial charge in [0.05, 0.1) is 18.3 Å². The molecule has 3 rings (SSSR count). The first kappa shape index (κ1) is 14.2. The highest BCUT2D eigenvalue weighted by Gasteiger charge is 2.16. The zero-order chi connectivity index (χ0) is 15.6. The third-order valence-electron chi connectivity index (χ3n) is 3.22. The standard InChI is InChI=1S/C15H19N7/c1-15(2,3)22-20-14(19-21-22)10-16-13-6-4-11(5-7-13)12-8-17-18-9-12/h4-9,16H,10H2,1-3H3,(H,17,18). The fourth-order valence-corrected chi connectivity index (χ4v) is 1.97. The molecule has 0 unspecified atom stereocenters.